The summed E-state index contributed by atoms with van der Waals surface area (Å²) in [4.78, 5) is 20.0. The molecule has 9 nitrogen and oxygen atoms in total. The van der Waals surface area contributed by atoms with Crippen LogP contribution in [0, 0.1) is 27.2 Å². The van der Waals surface area contributed by atoms with Gasteiger partial charge in [0.2, 0.25) is 5.60 Å². The second-order valence-electron chi connectivity index (χ2n) is 5.66. The Morgan fingerprint density at radius 2 is 1.81 bits per heavy atom. The second kappa shape index (κ2) is 7.23. The van der Waals surface area contributed by atoms with Gasteiger partial charge < -0.3 is 14.8 Å². The largest absolute Gasteiger partial charge is 0.463 e. The molecule has 1 atom stereocenters. The molecular formula is C15H14F3N3O6. The molecule has 27 heavy (non-hydrogen) atoms. The molecule has 1 unspecified atom stereocenters. The number of benzene rings is 1. The van der Waals surface area contributed by atoms with Crippen molar-refractivity contribution in [3.63, 3.8) is 0 Å². The monoisotopic (exact) mass is 389 g/mol. The number of anilines is 1. The van der Waals surface area contributed by atoms with E-state index in [-0.39, 0.29) is 11.4 Å². The van der Waals surface area contributed by atoms with E-state index in [1.807, 2.05) is 0 Å². The van der Waals surface area contributed by atoms with E-state index in [4.69, 9.17) is 4.42 Å². The van der Waals surface area contributed by atoms with Gasteiger partial charge in [-0.1, -0.05) is 0 Å². The van der Waals surface area contributed by atoms with Crippen LogP contribution in [-0.2, 0) is 5.60 Å². The minimum Gasteiger partial charge on any atom is -0.463 e. The number of nitro groups is 2. The van der Waals surface area contributed by atoms with E-state index < -0.39 is 51.7 Å². The van der Waals surface area contributed by atoms with Gasteiger partial charge in [-0.15, -0.1) is 0 Å². The first-order valence-corrected chi connectivity index (χ1v) is 7.48. The maximum atomic E-state index is 13.4. The highest BCUT2D eigenvalue weighted by atomic mass is 19.4. The molecule has 0 aliphatic heterocycles. The summed E-state index contributed by atoms with van der Waals surface area (Å²) in [7, 11) is 0. The van der Waals surface area contributed by atoms with Crippen molar-refractivity contribution in [2.45, 2.75) is 25.1 Å². The summed E-state index contributed by atoms with van der Waals surface area (Å²) < 4.78 is 45.0. The average Bonchev–Trinajstić information content (AvgIpc) is 3.00. The van der Waals surface area contributed by atoms with Crippen molar-refractivity contribution < 1.29 is 32.5 Å². The van der Waals surface area contributed by atoms with Crippen molar-refractivity contribution in [1.29, 1.82) is 0 Å². The van der Waals surface area contributed by atoms with Crippen LogP contribution in [0.5, 0.6) is 0 Å². The Morgan fingerprint density at radius 1 is 1.15 bits per heavy atom. The topological polar surface area (TPSA) is 132 Å². The summed E-state index contributed by atoms with van der Waals surface area (Å²) in [5.74, 6) is -0.529. The third-order valence-electron chi connectivity index (χ3n) is 3.81. The van der Waals surface area contributed by atoms with Crippen LogP contribution in [0.25, 0.3) is 0 Å². The first-order valence-electron chi connectivity index (χ1n) is 7.48. The highest BCUT2D eigenvalue weighted by molar-refractivity contribution is 5.65. The van der Waals surface area contributed by atoms with Gasteiger partial charge in [-0.25, -0.2) is 0 Å². The fourth-order valence-electron chi connectivity index (χ4n) is 2.37. The van der Waals surface area contributed by atoms with Crippen LogP contribution in [0.1, 0.15) is 17.9 Å². The van der Waals surface area contributed by atoms with Crippen molar-refractivity contribution in [1.82, 2.24) is 0 Å². The smallest absolute Gasteiger partial charge is 0.424 e. The molecule has 0 aliphatic carbocycles. The average molecular weight is 389 g/mol. The Hall–Kier alpha value is -3.15. The van der Waals surface area contributed by atoms with Crippen molar-refractivity contribution in [3.05, 3.63) is 62.1 Å². The van der Waals surface area contributed by atoms with Crippen LogP contribution in [-0.4, -0.2) is 27.7 Å². The number of nitro benzene ring substituents is 2. The lowest BCUT2D eigenvalue weighted by atomic mass is 9.95. The summed E-state index contributed by atoms with van der Waals surface area (Å²) in [6, 6.07) is 4.94. The third-order valence-corrected chi connectivity index (χ3v) is 3.81. The summed E-state index contributed by atoms with van der Waals surface area (Å²) >= 11 is 0. The maximum absolute atomic E-state index is 13.4. The summed E-state index contributed by atoms with van der Waals surface area (Å²) in [5.41, 5.74) is -4.73. The molecule has 0 fully saturated rings. The minimum absolute atomic E-state index is 0.173. The second-order valence-corrected chi connectivity index (χ2v) is 5.66. The van der Waals surface area contributed by atoms with Gasteiger partial charge in [0.1, 0.15) is 17.2 Å². The van der Waals surface area contributed by atoms with E-state index in [1.165, 1.54) is 13.0 Å². The number of nitrogens with zero attached hydrogens (tertiary/aromatic N) is 2. The van der Waals surface area contributed by atoms with Crippen molar-refractivity contribution in [2.24, 2.45) is 0 Å². The van der Waals surface area contributed by atoms with Crippen LogP contribution in [0.2, 0.25) is 0 Å². The first kappa shape index (κ1) is 20.2. The fraction of sp³-hybridized carbons (Fsp3) is 0.333. The highest BCUT2D eigenvalue weighted by Crippen LogP contribution is 2.42. The number of alkyl halides is 3. The Kier molecular flexibility index (Phi) is 5.40. The number of hydrogen-bond acceptors (Lipinski definition) is 7. The number of aliphatic hydroxyl groups is 1. The third kappa shape index (κ3) is 4.16. The number of furan rings is 1. The lowest BCUT2D eigenvalue weighted by Gasteiger charge is -2.28. The zero-order chi connectivity index (χ0) is 20.4. The zero-order valence-electron chi connectivity index (χ0n) is 13.8. The number of hydrogen-bond donors (Lipinski definition) is 2. The van der Waals surface area contributed by atoms with Crippen molar-refractivity contribution >= 4 is 17.1 Å². The van der Waals surface area contributed by atoms with Crippen LogP contribution in [0.15, 0.2) is 34.7 Å². The predicted octanol–water partition coefficient (Wildman–Crippen LogP) is 3.66. The molecule has 0 saturated carbocycles. The molecule has 0 bridgehead atoms. The van der Waals surface area contributed by atoms with Crippen LogP contribution >= 0.6 is 0 Å². The Morgan fingerprint density at radius 3 is 2.30 bits per heavy atom. The molecule has 2 rings (SSSR count). The quantitative estimate of drug-likeness (QED) is 0.545. The van der Waals surface area contributed by atoms with Crippen molar-refractivity contribution in [2.75, 3.05) is 11.9 Å². The molecule has 0 aliphatic rings. The number of rotatable bonds is 7. The highest BCUT2D eigenvalue weighted by Gasteiger charge is 2.56. The first-order chi connectivity index (χ1) is 12.5. The van der Waals surface area contributed by atoms with Gasteiger partial charge >= 0.3 is 6.18 Å². The maximum Gasteiger partial charge on any atom is 0.424 e. The molecule has 0 saturated heterocycles. The van der Waals surface area contributed by atoms with Gasteiger partial charge in [-0.3, -0.25) is 20.2 Å². The molecule has 12 heteroatoms. The molecule has 0 radical (unpaired) electrons. The summed E-state index contributed by atoms with van der Waals surface area (Å²) in [6.07, 6.45) is -5.96. The molecule has 1 aromatic carbocycles. The van der Waals surface area contributed by atoms with Gasteiger partial charge in [-0.05, 0) is 25.1 Å². The van der Waals surface area contributed by atoms with Crippen molar-refractivity contribution in [3.8, 4) is 0 Å². The van der Waals surface area contributed by atoms with E-state index in [2.05, 4.69) is 5.32 Å². The Bertz CT molecular complexity index is 867. The summed E-state index contributed by atoms with van der Waals surface area (Å²) in [6.45, 7) is 0.896. The molecule has 2 N–H and O–H groups in total. The summed E-state index contributed by atoms with van der Waals surface area (Å²) in [5, 5.41) is 34.3. The predicted molar refractivity (Wildman–Crippen MR) is 86.3 cm³/mol. The lowest BCUT2D eigenvalue weighted by molar-refractivity contribution is -0.393. The van der Waals surface area contributed by atoms with Gasteiger partial charge in [0, 0.05) is 19.0 Å². The Labute approximate surface area is 149 Å². The van der Waals surface area contributed by atoms with E-state index in [0.717, 1.165) is 18.2 Å². The zero-order valence-corrected chi connectivity index (χ0v) is 13.8. The molecule has 0 spiro atoms. The van der Waals surface area contributed by atoms with Gasteiger partial charge in [0.25, 0.3) is 11.4 Å². The van der Waals surface area contributed by atoms with E-state index in [9.17, 15) is 38.5 Å². The molecule has 146 valence electrons. The Balaban J connectivity index is 2.23. The molecule has 0 amide bonds. The van der Waals surface area contributed by atoms with E-state index in [0.29, 0.717) is 6.07 Å². The standard InChI is InChI=1S/C15H14F3N3O6/c1-9-2-5-13(27-9)14(22,15(16,17)18)6-7-19-11-4-3-10(20(23)24)8-12(11)21(25)26/h2-5,8,19,22H,6-7H2,1H3. The minimum atomic E-state index is -5.06. The molecule has 1 aromatic heterocycles. The van der Waals surface area contributed by atoms with Gasteiger partial charge in [0.05, 0.1) is 15.9 Å². The van der Waals surface area contributed by atoms with Crippen LogP contribution < -0.4 is 5.32 Å². The fourth-order valence-corrected chi connectivity index (χ4v) is 2.37. The van der Waals surface area contributed by atoms with E-state index >= 15 is 0 Å². The number of aryl methyl sites for hydroxylation is 1. The lowest BCUT2D eigenvalue weighted by Crippen LogP contribution is -2.43. The van der Waals surface area contributed by atoms with Crippen LogP contribution in [0.4, 0.5) is 30.2 Å². The normalized spacial score (nSPS) is 13.8. The molecule has 2 aromatic rings. The van der Waals surface area contributed by atoms with Gasteiger partial charge in [0.15, 0.2) is 0 Å². The molecular weight excluding hydrogens is 375 g/mol. The molecule has 1 heterocycles. The number of non-ortho nitro benzene ring substituents is 1. The number of nitrogens with one attached hydrogen (secondary N) is 1. The van der Waals surface area contributed by atoms with E-state index in [1.54, 1.807) is 0 Å². The van der Waals surface area contributed by atoms with Gasteiger partial charge in [-0.2, -0.15) is 13.2 Å². The number of halogens is 3. The SMILES string of the molecule is Cc1ccc(C(O)(CCNc2ccc([N+](=O)[O-])cc2[N+](=O)[O-])C(F)(F)F)o1. The van der Waals surface area contributed by atoms with Crippen LogP contribution in [0.3, 0.4) is 0 Å².